The molecule has 1 N–H and O–H groups in total. The molecule has 0 atom stereocenters. The van der Waals surface area contributed by atoms with E-state index in [4.69, 9.17) is 0 Å². The monoisotopic (exact) mass is 250 g/mol. The smallest absolute Gasteiger partial charge is 0.107 e. The van der Waals surface area contributed by atoms with Gasteiger partial charge in [0.15, 0.2) is 0 Å². The molecule has 0 saturated heterocycles. The number of rotatable bonds is 3. The van der Waals surface area contributed by atoms with Crippen LogP contribution in [0.5, 0.6) is 0 Å². The van der Waals surface area contributed by atoms with Crippen molar-refractivity contribution in [3.8, 4) is 0 Å². The minimum atomic E-state index is 0.956. The summed E-state index contributed by atoms with van der Waals surface area (Å²) in [4.78, 5) is 8.10. The molecule has 3 rings (SSSR count). The highest BCUT2D eigenvalue weighted by atomic mass is 14.9. The zero-order chi connectivity index (χ0) is 13.2. The predicted molar refractivity (Wildman–Crippen MR) is 79.4 cm³/mol. The van der Waals surface area contributed by atoms with E-state index in [1.807, 2.05) is 0 Å². The maximum Gasteiger partial charge on any atom is 0.107 e. The van der Waals surface area contributed by atoms with Gasteiger partial charge < -0.3 is 4.98 Å². The number of hydrogen-bond donors (Lipinski definition) is 1. The molecule has 1 aromatic heterocycles. The number of nitrogens with one attached hydrogen (secondary N) is 1. The Bertz CT molecular complexity index is 693. The Hall–Kier alpha value is -2.09. The summed E-state index contributed by atoms with van der Waals surface area (Å²) >= 11 is 0. The number of aryl methyl sites for hydroxylation is 4. The van der Waals surface area contributed by atoms with Crippen LogP contribution >= 0.6 is 0 Å². The van der Waals surface area contributed by atoms with Crippen molar-refractivity contribution in [2.24, 2.45) is 0 Å². The number of imidazole rings is 1. The average molecular weight is 250 g/mol. The summed E-state index contributed by atoms with van der Waals surface area (Å²) in [5.41, 5.74) is 6.14. The summed E-state index contributed by atoms with van der Waals surface area (Å²) in [6, 6.07) is 15.0. The van der Waals surface area contributed by atoms with Crippen LogP contribution in [0.4, 0.5) is 0 Å². The summed E-state index contributed by atoms with van der Waals surface area (Å²) in [5.74, 6) is 1.07. The van der Waals surface area contributed by atoms with Crippen molar-refractivity contribution in [2.75, 3.05) is 0 Å². The third kappa shape index (κ3) is 2.53. The molecule has 0 aliphatic rings. The largest absolute Gasteiger partial charge is 0.342 e. The minimum absolute atomic E-state index is 0.956. The van der Waals surface area contributed by atoms with Crippen LogP contribution in [0.3, 0.4) is 0 Å². The first-order valence-electron chi connectivity index (χ1n) is 6.72. The summed E-state index contributed by atoms with van der Waals surface area (Å²) in [5, 5.41) is 0. The van der Waals surface area contributed by atoms with Crippen molar-refractivity contribution in [1.82, 2.24) is 9.97 Å². The van der Waals surface area contributed by atoms with Gasteiger partial charge in [-0.05, 0) is 37.5 Å². The van der Waals surface area contributed by atoms with Crippen LogP contribution < -0.4 is 0 Å². The molecule has 2 nitrogen and oxygen atoms in total. The van der Waals surface area contributed by atoms with Crippen molar-refractivity contribution < 1.29 is 0 Å². The zero-order valence-corrected chi connectivity index (χ0v) is 11.4. The van der Waals surface area contributed by atoms with E-state index in [0.29, 0.717) is 0 Å². The van der Waals surface area contributed by atoms with Crippen molar-refractivity contribution in [2.45, 2.75) is 26.7 Å². The Morgan fingerprint density at radius 3 is 2.47 bits per heavy atom. The lowest BCUT2D eigenvalue weighted by Crippen LogP contribution is -1.93. The highest BCUT2D eigenvalue weighted by molar-refractivity contribution is 5.78. The van der Waals surface area contributed by atoms with Gasteiger partial charge in [0, 0.05) is 6.42 Å². The van der Waals surface area contributed by atoms with Crippen LogP contribution in [-0.2, 0) is 12.8 Å². The quantitative estimate of drug-likeness (QED) is 0.748. The Labute approximate surface area is 113 Å². The van der Waals surface area contributed by atoms with Crippen LogP contribution in [0.2, 0.25) is 0 Å². The number of nitrogens with zero attached hydrogens (tertiary/aromatic N) is 1. The number of para-hydroxylation sites is 1. The van der Waals surface area contributed by atoms with Crippen LogP contribution in [0.1, 0.15) is 22.5 Å². The second-order valence-electron chi connectivity index (χ2n) is 5.14. The molecule has 19 heavy (non-hydrogen) atoms. The average Bonchev–Trinajstić information content (AvgIpc) is 2.83. The van der Waals surface area contributed by atoms with Gasteiger partial charge in [-0.15, -0.1) is 0 Å². The Kier molecular flexibility index (Phi) is 3.08. The van der Waals surface area contributed by atoms with Crippen LogP contribution in [0.15, 0.2) is 42.5 Å². The topological polar surface area (TPSA) is 28.7 Å². The lowest BCUT2D eigenvalue weighted by molar-refractivity contribution is 0.889. The maximum absolute atomic E-state index is 4.69. The van der Waals surface area contributed by atoms with Gasteiger partial charge in [-0.1, -0.05) is 42.0 Å². The minimum Gasteiger partial charge on any atom is -0.342 e. The van der Waals surface area contributed by atoms with Gasteiger partial charge in [0.1, 0.15) is 5.82 Å². The van der Waals surface area contributed by atoms with E-state index in [1.165, 1.54) is 16.7 Å². The summed E-state index contributed by atoms with van der Waals surface area (Å²) in [6.45, 7) is 4.22. The summed E-state index contributed by atoms with van der Waals surface area (Å²) in [6.07, 6.45) is 1.98. The lowest BCUT2D eigenvalue weighted by Gasteiger charge is -1.99. The van der Waals surface area contributed by atoms with E-state index < -0.39 is 0 Å². The molecule has 0 bridgehead atoms. The van der Waals surface area contributed by atoms with Gasteiger partial charge in [0.2, 0.25) is 0 Å². The number of aromatic nitrogens is 2. The molecule has 0 spiro atoms. The third-order valence-electron chi connectivity index (χ3n) is 3.53. The first kappa shape index (κ1) is 12.0. The van der Waals surface area contributed by atoms with Gasteiger partial charge in [-0.25, -0.2) is 4.98 Å². The number of hydrogen-bond acceptors (Lipinski definition) is 1. The third-order valence-corrected chi connectivity index (χ3v) is 3.53. The first-order valence-corrected chi connectivity index (χ1v) is 6.72. The normalized spacial score (nSPS) is 11.1. The van der Waals surface area contributed by atoms with E-state index in [2.05, 4.69) is 66.3 Å². The number of aromatic amines is 1. The van der Waals surface area contributed by atoms with Crippen molar-refractivity contribution in [1.29, 1.82) is 0 Å². The number of benzene rings is 2. The van der Waals surface area contributed by atoms with Crippen LogP contribution in [-0.4, -0.2) is 9.97 Å². The molecule has 3 aromatic rings. The van der Waals surface area contributed by atoms with Gasteiger partial charge in [-0.3, -0.25) is 0 Å². The van der Waals surface area contributed by atoms with Gasteiger partial charge in [0.05, 0.1) is 11.0 Å². The fraction of sp³-hybridized carbons (Fsp3) is 0.235. The van der Waals surface area contributed by atoms with Crippen molar-refractivity contribution in [3.63, 3.8) is 0 Å². The van der Waals surface area contributed by atoms with Gasteiger partial charge in [-0.2, -0.15) is 0 Å². The second-order valence-corrected chi connectivity index (χ2v) is 5.14. The van der Waals surface area contributed by atoms with E-state index in [1.54, 1.807) is 0 Å². The molecule has 0 radical (unpaired) electrons. The lowest BCUT2D eigenvalue weighted by atomic mass is 10.1. The molecule has 0 amide bonds. The van der Waals surface area contributed by atoms with Crippen molar-refractivity contribution >= 4 is 11.0 Å². The summed E-state index contributed by atoms with van der Waals surface area (Å²) < 4.78 is 0. The van der Waals surface area contributed by atoms with Gasteiger partial charge >= 0.3 is 0 Å². The van der Waals surface area contributed by atoms with E-state index in [0.717, 1.165) is 29.7 Å². The molecule has 0 fully saturated rings. The molecular weight excluding hydrogens is 232 g/mol. The molecule has 0 unspecified atom stereocenters. The molecule has 0 aliphatic heterocycles. The maximum atomic E-state index is 4.69. The number of fused-ring (bicyclic) bond motifs is 1. The molecular formula is C17H18N2. The fourth-order valence-electron chi connectivity index (χ4n) is 2.36. The molecule has 2 heteroatoms. The first-order chi connectivity index (χ1) is 9.22. The molecule has 96 valence electrons. The second kappa shape index (κ2) is 4.88. The number of H-pyrrole nitrogens is 1. The molecule has 0 aliphatic carbocycles. The van der Waals surface area contributed by atoms with E-state index in [9.17, 15) is 0 Å². The Balaban J connectivity index is 1.78. The summed E-state index contributed by atoms with van der Waals surface area (Å²) in [7, 11) is 0. The van der Waals surface area contributed by atoms with Gasteiger partial charge in [0.25, 0.3) is 0 Å². The van der Waals surface area contributed by atoms with Crippen molar-refractivity contribution in [3.05, 3.63) is 65.0 Å². The zero-order valence-electron chi connectivity index (χ0n) is 11.4. The SMILES string of the molecule is Cc1ccc(CCc2nc3c(C)cccc3[nH]2)cc1. The molecule has 1 heterocycles. The standard InChI is InChI=1S/C17H18N2/c1-12-6-8-14(9-7-12)10-11-16-18-15-5-3-4-13(2)17(15)19-16/h3-9H,10-11H2,1-2H3,(H,18,19). The van der Waals surface area contributed by atoms with E-state index >= 15 is 0 Å². The fourth-order valence-corrected chi connectivity index (χ4v) is 2.36. The molecule has 0 saturated carbocycles. The van der Waals surface area contributed by atoms with Crippen LogP contribution in [0, 0.1) is 13.8 Å². The predicted octanol–water partition coefficient (Wildman–Crippen LogP) is 3.96. The highest BCUT2D eigenvalue weighted by Crippen LogP contribution is 2.16. The Morgan fingerprint density at radius 2 is 1.74 bits per heavy atom. The highest BCUT2D eigenvalue weighted by Gasteiger charge is 2.04. The van der Waals surface area contributed by atoms with Crippen LogP contribution in [0.25, 0.3) is 11.0 Å². The van der Waals surface area contributed by atoms with E-state index in [-0.39, 0.29) is 0 Å². The molecule has 2 aromatic carbocycles. The Morgan fingerprint density at radius 1 is 0.947 bits per heavy atom.